The van der Waals surface area contributed by atoms with E-state index in [-0.39, 0.29) is 41.8 Å². The Morgan fingerprint density at radius 1 is 0.733 bits per heavy atom. The van der Waals surface area contributed by atoms with Crippen LogP contribution in [0.2, 0.25) is 0 Å². The topological polar surface area (TPSA) is 93.1 Å². The van der Waals surface area contributed by atoms with E-state index >= 15 is 0 Å². The third-order valence-electron chi connectivity index (χ3n) is 4.24. The van der Waals surface area contributed by atoms with E-state index < -0.39 is 10.1 Å². The molecule has 0 atom stereocenters. The molecule has 0 fully saturated rings. The molecule has 0 saturated carbocycles. The average molecular weight is 496 g/mol. The van der Waals surface area contributed by atoms with Gasteiger partial charge in [-0.2, -0.15) is 8.42 Å². The van der Waals surface area contributed by atoms with Gasteiger partial charge in [-0.3, -0.25) is 4.18 Å². The number of aliphatic hydroxyl groups is 2. The second-order valence-electron chi connectivity index (χ2n) is 6.83. The summed E-state index contributed by atoms with van der Waals surface area (Å²) in [6, 6.07) is 8.33. The molecule has 0 unspecified atom stereocenters. The number of unbranched alkanes of at least 4 members (excludes halogenated alkanes) is 9. The van der Waals surface area contributed by atoms with Crippen molar-refractivity contribution in [3.63, 3.8) is 0 Å². The van der Waals surface area contributed by atoms with Crippen LogP contribution in [0, 0.1) is 0 Å². The molecule has 6 nitrogen and oxygen atoms in total. The number of aliphatic hydroxyl groups excluding tert-OH is 2. The Morgan fingerprint density at radius 3 is 1.67 bits per heavy atom. The van der Waals surface area contributed by atoms with Crippen LogP contribution in [0.1, 0.15) is 71.1 Å². The fourth-order valence-electron chi connectivity index (χ4n) is 2.64. The van der Waals surface area contributed by atoms with Crippen LogP contribution < -0.4 is 0 Å². The smallest absolute Gasteiger partial charge is 0.296 e. The van der Waals surface area contributed by atoms with Crippen molar-refractivity contribution in [1.82, 2.24) is 0 Å². The van der Waals surface area contributed by atoms with Gasteiger partial charge in [-0.15, -0.1) is 0 Å². The third-order valence-corrected chi connectivity index (χ3v) is 5.57. The minimum atomic E-state index is -3.57. The molecule has 1 aromatic rings. The van der Waals surface area contributed by atoms with Crippen LogP contribution in [0.3, 0.4) is 0 Å². The Balaban J connectivity index is 0. The molecule has 0 heterocycles. The number of hydrogen-bond acceptors (Lipinski definition) is 6. The van der Waals surface area contributed by atoms with Crippen LogP contribution in [0.25, 0.3) is 0 Å². The van der Waals surface area contributed by atoms with Crippen molar-refractivity contribution >= 4 is 10.1 Å². The zero-order chi connectivity index (χ0) is 21.6. The van der Waals surface area contributed by atoms with Gasteiger partial charge in [-0.1, -0.05) is 82.9 Å². The van der Waals surface area contributed by atoms with Gasteiger partial charge >= 0.3 is 0 Å². The van der Waals surface area contributed by atoms with Crippen LogP contribution in [0.4, 0.5) is 0 Å². The summed E-state index contributed by atoms with van der Waals surface area (Å²) in [5.74, 6) is 0. The molecule has 0 aromatic heterocycles. The largest absolute Gasteiger partial charge is 0.394 e. The van der Waals surface area contributed by atoms with E-state index in [0.29, 0.717) is 13.2 Å². The van der Waals surface area contributed by atoms with Crippen molar-refractivity contribution in [2.75, 3.05) is 33.0 Å². The number of ether oxygens (including phenoxy) is 1. The maximum atomic E-state index is 11.9. The van der Waals surface area contributed by atoms with Crippen LogP contribution in [0.5, 0.6) is 0 Å². The fraction of sp³-hybridized carbons (Fsp3) is 0.727. The molecular weight excluding hydrogens is 456 g/mol. The minimum Gasteiger partial charge on any atom is -0.394 e. The fourth-order valence-corrected chi connectivity index (χ4v) is 3.61. The second-order valence-corrected chi connectivity index (χ2v) is 8.45. The van der Waals surface area contributed by atoms with Gasteiger partial charge in [0.15, 0.2) is 0 Å². The quantitative estimate of drug-likeness (QED) is 0.190. The average Bonchev–Trinajstić information content (AvgIpc) is 2.73. The summed E-state index contributed by atoms with van der Waals surface area (Å²) in [5.41, 5.74) is 0. The summed E-state index contributed by atoms with van der Waals surface area (Å²) < 4.78 is 33.4. The number of rotatable bonds is 17. The molecule has 0 aliphatic carbocycles. The molecule has 2 N–H and O–H groups in total. The predicted octanol–water partition coefficient (Wildman–Crippen LogP) is 4.30. The van der Waals surface area contributed by atoms with Crippen LogP contribution in [0.15, 0.2) is 35.2 Å². The minimum absolute atomic E-state index is 0. The summed E-state index contributed by atoms with van der Waals surface area (Å²) in [7, 11) is -3.57. The molecule has 0 aliphatic rings. The van der Waals surface area contributed by atoms with Crippen molar-refractivity contribution in [1.29, 1.82) is 0 Å². The normalized spacial score (nSPS) is 10.8. The Hall–Kier alpha value is -0.471. The van der Waals surface area contributed by atoms with Gasteiger partial charge in [-0.05, 0) is 18.6 Å². The Kier molecular flexibility index (Phi) is 24.5. The van der Waals surface area contributed by atoms with Crippen LogP contribution in [-0.4, -0.2) is 51.7 Å². The zero-order valence-electron chi connectivity index (χ0n) is 18.2. The summed E-state index contributed by atoms with van der Waals surface area (Å²) in [6.07, 6.45) is 12.3. The molecule has 1 radical (unpaired) electrons. The maximum Gasteiger partial charge on any atom is 0.296 e. The van der Waals surface area contributed by atoms with E-state index in [2.05, 4.69) is 11.7 Å². The van der Waals surface area contributed by atoms with E-state index in [1.54, 1.807) is 30.3 Å². The molecule has 0 spiro atoms. The first-order valence-corrected chi connectivity index (χ1v) is 12.2. The molecule has 8 heteroatoms. The standard InChI is InChI=1S/C18H30O3S.C4H10O3.Cu/c1-2-3-4-5-6-7-8-9-10-14-17-21-22(19,20)18-15-12-11-13-16-18;5-1-3-7-4-2-6;/h11-13,15-16H,2-10,14,17H2,1H3;5-6H,1-4H2;. The van der Waals surface area contributed by atoms with Crippen molar-refractivity contribution in [2.24, 2.45) is 0 Å². The van der Waals surface area contributed by atoms with Crippen LogP contribution in [-0.2, 0) is 36.1 Å². The van der Waals surface area contributed by atoms with Gasteiger partial charge in [0.25, 0.3) is 10.1 Å². The Morgan fingerprint density at radius 2 is 1.20 bits per heavy atom. The molecule has 181 valence electrons. The van der Waals surface area contributed by atoms with E-state index in [9.17, 15) is 8.42 Å². The van der Waals surface area contributed by atoms with Gasteiger partial charge in [0.05, 0.1) is 37.9 Å². The first kappa shape index (κ1) is 31.7. The Bertz CT molecular complexity index is 550. The van der Waals surface area contributed by atoms with Crippen LogP contribution >= 0.6 is 0 Å². The zero-order valence-corrected chi connectivity index (χ0v) is 20.0. The SMILES string of the molecule is CCCCCCCCCCCCOS(=O)(=O)c1ccccc1.OCCOCCO.[Cu]. The monoisotopic (exact) mass is 495 g/mol. The molecule has 0 bridgehead atoms. The molecular formula is C22H40CuO6S. The van der Waals surface area contributed by atoms with Gasteiger partial charge in [-0.25, -0.2) is 0 Å². The van der Waals surface area contributed by atoms with Gasteiger partial charge in [0.2, 0.25) is 0 Å². The van der Waals surface area contributed by atoms with E-state index in [1.165, 1.54) is 51.4 Å². The maximum absolute atomic E-state index is 11.9. The van der Waals surface area contributed by atoms with Crippen molar-refractivity contribution in [2.45, 2.75) is 76.0 Å². The molecule has 1 rings (SSSR count). The molecule has 0 amide bonds. The van der Waals surface area contributed by atoms with E-state index in [4.69, 9.17) is 14.4 Å². The Labute approximate surface area is 194 Å². The van der Waals surface area contributed by atoms with Crippen molar-refractivity contribution < 1.29 is 44.6 Å². The van der Waals surface area contributed by atoms with E-state index in [0.717, 1.165) is 12.8 Å². The van der Waals surface area contributed by atoms with Crippen molar-refractivity contribution in [3.05, 3.63) is 30.3 Å². The van der Waals surface area contributed by atoms with Gasteiger partial charge in [0, 0.05) is 17.1 Å². The summed E-state index contributed by atoms with van der Waals surface area (Å²) in [5, 5.41) is 16.2. The summed E-state index contributed by atoms with van der Waals surface area (Å²) in [6.45, 7) is 3.22. The van der Waals surface area contributed by atoms with Gasteiger partial charge in [0.1, 0.15) is 0 Å². The van der Waals surface area contributed by atoms with E-state index in [1.807, 2.05) is 0 Å². The first-order chi connectivity index (χ1) is 14.1. The predicted molar refractivity (Wildman–Crippen MR) is 116 cm³/mol. The second kappa shape index (κ2) is 23.2. The van der Waals surface area contributed by atoms with Gasteiger partial charge < -0.3 is 14.9 Å². The molecule has 0 aliphatic heterocycles. The number of hydrogen-bond donors (Lipinski definition) is 2. The first-order valence-electron chi connectivity index (χ1n) is 10.8. The summed E-state index contributed by atoms with van der Waals surface area (Å²) in [4.78, 5) is 0.238. The third kappa shape index (κ3) is 19.5. The number of benzene rings is 1. The summed E-state index contributed by atoms with van der Waals surface area (Å²) >= 11 is 0. The molecule has 0 saturated heterocycles. The van der Waals surface area contributed by atoms with Crippen molar-refractivity contribution in [3.8, 4) is 0 Å². The molecule has 30 heavy (non-hydrogen) atoms. The molecule has 1 aromatic carbocycles.